The Labute approximate surface area is 131 Å². The molecular formula is C19H33N2+. The van der Waals surface area contributed by atoms with Crippen LogP contribution in [0.1, 0.15) is 63.8 Å². The first-order valence-corrected chi connectivity index (χ1v) is 8.61. The van der Waals surface area contributed by atoms with Crippen molar-refractivity contribution in [3.05, 3.63) is 42.8 Å². The Balaban J connectivity index is 2.94. The largest absolute Gasteiger partial charge is 0.208 e. The molecular weight excluding hydrogens is 256 g/mol. The fraction of sp³-hybridized carbons (Fsp3) is 0.632. The molecule has 0 aliphatic carbocycles. The van der Waals surface area contributed by atoms with E-state index in [9.17, 15) is 0 Å². The minimum Gasteiger partial charge on any atom is -0.153 e. The van der Waals surface area contributed by atoms with Crippen LogP contribution >= 0.6 is 0 Å². The second kappa shape index (κ2) is 10.4. The van der Waals surface area contributed by atoms with Gasteiger partial charge >= 0.3 is 0 Å². The highest BCUT2D eigenvalue weighted by Gasteiger charge is 2.20. The van der Waals surface area contributed by atoms with E-state index in [1.54, 1.807) is 0 Å². The van der Waals surface area contributed by atoms with Crippen LogP contribution < -0.4 is 4.68 Å². The smallest absolute Gasteiger partial charge is 0.153 e. The van der Waals surface area contributed by atoms with E-state index in [-0.39, 0.29) is 0 Å². The van der Waals surface area contributed by atoms with Crippen molar-refractivity contribution in [3.63, 3.8) is 0 Å². The Bertz CT molecular complexity index is 391. The third kappa shape index (κ3) is 5.53. The van der Waals surface area contributed by atoms with E-state index < -0.39 is 0 Å². The lowest BCUT2D eigenvalue weighted by molar-refractivity contribution is -0.772. The van der Waals surface area contributed by atoms with Crippen molar-refractivity contribution in [2.75, 3.05) is 0 Å². The zero-order chi connectivity index (χ0) is 15.5. The molecule has 1 heterocycles. The molecule has 0 saturated carbocycles. The summed E-state index contributed by atoms with van der Waals surface area (Å²) in [6.45, 7) is 14.1. The number of aromatic nitrogens is 2. The topological polar surface area (TPSA) is 8.81 Å². The Hall–Kier alpha value is -1.31. The molecule has 0 atom stereocenters. The Morgan fingerprint density at radius 3 is 2.24 bits per heavy atom. The quantitative estimate of drug-likeness (QED) is 0.302. The maximum atomic E-state index is 3.92. The van der Waals surface area contributed by atoms with Crippen molar-refractivity contribution >= 4 is 0 Å². The first-order valence-electron chi connectivity index (χ1n) is 8.61. The number of hydrogen-bond acceptors (Lipinski definition) is 0. The molecule has 0 bridgehead atoms. The average molecular weight is 289 g/mol. The van der Waals surface area contributed by atoms with Gasteiger partial charge in [0.25, 0.3) is 0 Å². The summed E-state index contributed by atoms with van der Waals surface area (Å²) in [4.78, 5) is 0. The van der Waals surface area contributed by atoms with Gasteiger partial charge in [-0.3, -0.25) is 0 Å². The number of aryl methyl sites for hydroxylation is 2. The lowest BCUT2D eigenvalue weighted by Crippen LogP contribution is -2.46. The summed E-state index contributed by atoms with van der Waals surface area (Å²) in [5.74, 6) is 0. The van der Waals surface area contributed by atoms with E-state index in [4.69, 9.17) is 0 Å². The van der Waals surface area contributed by atoms with Crippen molar-refractivity contribution in [2.24, 2.45) is 0 Å². The van der Waals surface area contributed by atoms with Crippen LogP contribution in [0.25, 0.3) is 0 Å². The lowest BCUT2D eigenvalue weighted by atomic mass is 10.1. The Kier molecular flexibility index (Phi) is 8.80. The third-order valence-electron chi connectivity index (χ3n) is 3.96. The Morgan fingerprint density at radius 2 is 1.67 bits per heavy atom. The standard InChI is InChI=1S/C19H33N2/c1-5-9-11-13-18-17-19(14-12-10-6-2)21(16-8-4)20(18)15-7-3/h7-8,17H,3-6,9-16H2,1-2H3/q+1. The first kappa shape index (κ1) is 17.7. The fourth-order valence-electron chi connectivity index (χ4n) is 2.84. The molecule has 1 rings (SSSR count). The summed E-state index contributed by atoms with van der Waals surface area (Å²) in [5, 5.41) is 0. The van der Waals surface area contributed by atoms with Gasteiger partial charge in [0.15, 0.2) is 6.54 Å². The molecule has 0 aromatic carbocycles. The molecule has 0 fully saturated rings. The molecule has 0 aliphatic rings. The summed E-state index contributed by atoms with van der Waals surface area (Å²) >= 11 is 0. The molecule has 0 aliphatic heterocycles. The van der Waals surface area contributed by atoms with Gasteiger partial charge in [-0.05, 0) is 25.3 Å². The molecule has 0 amide bonds. The van der Waals surface area contributed by atoms with E-state index in [1.165, 1.54) is 62.8 Å². The molecule has 21 heavy (non-hydrogen) atoms. The zero-order valence-corrected chi connectivity index (χ0v) is 14.1. The van der Waals surface area contributed by atoms with Crippen molar-refractivity contribution < 1.29 is 4.68 Å². The van der Waals surface area contributed by atoms with Crippen molar-refractivity contribution in [3.8, 4) is 0 Å². The third-order valence-corrected chi connectivity index (χ3v) is 3.96. The summed E-state index contributed by atoms with van der Waals surface area (Å²) in [6.07, 6.45) is 14.1. The molecule has 0 N–H and O–H groups in total. The summed E-state index contributed by atoms with van der Waals surface area (Å²) in [5.41, 5.74) is 2.91. The van der Waals surface area contributed by atoms with Crippen LogP contribution in [0.5, 0.6) is 0 Å². The molecule has 0 radical (unpaired) electrons. The van der Waals surface area contributed by atoms with Gasteiger partial charge in [0.05, 0.1) is 12.2 Å². The Morgan fingerprint density at radius 1 is 1.00 bits per heavy atom. The van der Waals surface area contributed by atoms with Crippen molar-refractivity contribution in [1.29, 1.82) is 0 Å². The predicted octanol–water partition coefficient (Wildman–Crippen LogP) is 4.61. The van der Waals surface area contributed by atoms with Gasteiger partial charge in [-0.25, -0.2) is 0 Å². The highest BCUT2D eigenvalue weighted by Crippen LogP contribution is 2.12. The van der Waals surface area contributed by atoms with Crippen LogP contribution in [0.15, 0.2) is 31.4 Å². The molecule has 0 unspecified atom stereocenters. The highest BCUT2D eigenvalue weighted by molar-refractivity contribution is 5.07. The van der Waals surface area contributed by atoms with Gasteiger partial charge in [0.2, 0.25) is 5.69 Å². The van der Waals surface area contributed by atoms with Crippen molar-refractivity contribution in [2.45, 2.75) is 78.3 Å². The van der Waals surface area contributed by atoms with E-state index in [2.05, 4.69) is 42.4 Å². The predicted molar refractivity (Wildman–Crippen MR) is 91.5 cm³/mol. The lowest BCUT2D eigenvalue weighted by Gasteiger charge is -2.05. The normalized spacial score (nSPS) is 10.8. The van der Waals surface area contributed by atoms with Crippen LogP contribution in [0.4, 0.5) is 0 Å². The van der Waals surface area contributed by atoms with Crippen molar-refractivity contribution in [1.82, 2.24) is 4.68 Å². The van der Waals surface area contributed by atoms with Gasteiger partial charge in [0.1, 0.15) is 0 Å². The SMILES string of the molecule is C=CCn1c(CCCCC)cc(CCCCC)[n+]1CC=C. The van der Waals surface area contributed by atoms with Crippen LogP contribution in [-0.4, -0.2) is 4.68 Å². The first-order chi connectivity index (χ1) is 10.3. The monoisotopic (exact) mass is 289 g/mol. The van der Waals surface area contributed by atoms with Gasteiger partial charge in [-0.2, -0.15) is 4.68 Å². The fourth-order valence-corrected chi connectivity index (χ4v) is 2.84. The molecule has 2 nitrogen and oxygen atoms in total. The molecule has 1 aromatic rings. The minimum absolute atomic E-state index is 0.892. The molecule has 118 valence electrons. The van der Waals surface area contributed by atoms with Crippen LogP contribution in [0, 0.1) is 0 Å². The second-order valence-corrected chi connectivity index (χ2v) is 5.78. The average Bonchev–Trinajstić information content (AvgIpc) is 2.79. The van der Waals surface area contributed by atoms with Gasteiger partial charge in [-0.15, -0.1) is 11.3 Å². The molecule has 0 saturated heterocycles. The van der Waals surface area contributed by atoms with Crippen LogP contribution in [-0.2, 0) is 25.9 Å². The van der Waals surface area contributed by atoms with E-state index in [0.717, 1.165) is 13.1 Å². The number of unbranched alkanes of at least 4 members (excludes halogenated alkanes) is 4. The number of rotatable bonds is 12. The second-order valence-electron chi connectivity index (χ2n) is 5.78. The summed E-state index contributed by atoms with van der Waals surface area (Å²) < 4.78 is 4.79. The summed E-state index contributed by atoms with van der Waals surface area (Å²) in [6, 6.07) is 2.42. The zero-order valence-electron chi connectivity index (χ0n) is 14.1. The molecule has 2 heteroatoms. The van der Waals surface area contributed by atoms with Gasteiger partial charge in [-0.1, -0.05) is 52.2 Å². The number of allylic oxidation sites excluding steroid dienone is 2. The summed E-state index contributed by atoms with van der Waals surface area (Å²) in [7, 11) is 0. The van der Waals surface area contributed by atoms with E-state index in [1.807, 2.05) is 12.2 Å². The van der Waals surface area contributed by atoms with Gasteiger partial charge in [0, 0.05) is 12.5 Å². The maximum Gasteiger partial charge on any atom is 0.208 e. The van der Waals surface area contributed by atoms with Gasteiger partial charge < -0.3 is 0 Å². The number of hydrogen-bond donors (Lipinski definition) is 0. The highest BCUT2D eigenvalue weighted by atomic mass is 15.4. The number of nitrogens with zero attached hydrogens (tertiary/aromatic N) is 2. The van der Waals surface area contributed by atoms with Crippen LogP contribution in [0.2, 0.25) is 0 Å². The maximum absolute atomic E-state index is 3.92. The minimum atomic E-state index is 0.892. The molecule has 1 aromatic heterocycles. The van der Waals surface area contributed by atoms with E-state index >= 15 is 0 Å². The van der Waals surface area contributed by atoms with E-state index in [0.29, 0.717) is 0 Å². The van der Waals surface area contributed by atoms with Crippen LogP contribution in [0.3, 0.4) is 0 Å². The molecule has 0 spiro atoms.